The average molecular weight is 360 g/mol. The monoisotopic (exact) mass is 360 g/mol. The number of hydrogen-bond donors (Lipinski definition) is 2. The first-order valence-corrected chi connectivity index (χ1v) is 7.38. The molecule has 0 saturated carbocycles. The van der Waals surface area contributed by atoms with Crippen molar-refractivity contribution < 1.29 is 32.7 Å². The summed E-state index contributed by atoms with van der Waals surface area (Å²) in [6.07, 6.45) is -5.06. The van der Waals surface area contributed by atoms with Crippen molar-refractivity contribution in [3.8, 4) is 0 Å². The van der Waals surface area contributed by atoms with Crippen molar-refractivity contribution in [3.05, 3.63) is 30.3 Å². The number of carbonyl (C=O) groups is 3. The molecule has 0 spiro atoms. The van der Waals surface area contributed by atoms with Crippen LogP contribution in [0.25, 0.3) is 0 Å². The molecular formula is C16H19F3N2O4. The Kier molecular flexibility index (Phi) is 6.17. The number of alkyl halides is 3. The van der Waals surface area contributed by atoms with Crippen LogP contribution in [0.5, 0.6) is 0 Å². The number of para-hydroxylation sites is 1. The van der Waals surface area contributed by atoms with Crippen molar-refractivity contribution in [3.63, 3.8) is 0 Å². The number of halogens is 3. The number of anilines is 1. The predicted molar refractivity (Wildman–Crippen MR) is 83.9 cm³/mol. The smallest absolute Gasteiger partial charge is 0.480 e. The SMILES string of the molecule is CC(=O)[C@@](C(=O)NCC(=O)O)(C(C)C)N(c1ccccc1)C(F)(F)F. The van der Waals surface area contributed by atoms with Crippen molar-refractivity contribution in [2.75, 3.05) is 11.4 Å². The van der Waals surface area contributed by atoms with E-state index in [1.54, 1.807) is 0 Å². The van der Waals surface area contributed by atoms with E-state index < -0.39 is 47.6 Å². The predicted octanol–water partition coefficient (Wildman–Crippen LogP) is 2.20. The summed E-state index contributed by atoms with van der Waals surface area (Å²) in [5.41, 5.74) is -3.04. The van der Waals surface area contributed by atoms with E-state index in [4.69, 9.17) is 5.11 Å². The minimum Gasteiger partial charge on any atom is -0.480 e. The summed E-state index contributed by atoms with van der Waals surface area (Å²) in [6, 6.07) is 6.42. The highest BCUT2D eigenvalue weighted by atomic mass is 19.4. The first kappa shape index (κ1) is 20.5. The molecule has 0 bridgehead atoms. The molecule has 1 atom stereocenters. The lowest BCUT2D eigenvalue weighted by molar-refractivity contribution is -0.164. The van der Waals surface area contributed by atoms with Gasteiger partial charge in [0.15, 0.2) is 11.3 Å². The van der Waals surface area contributed by atoms with Gasteiger partial charge in [0.2, 0.25) is 0 Å². The van der Waals surface area contributed by atoms with E-state index in [0.29, 0.717) is 0 Å². The van der Waals surface area contributed by atoms with Crippen molar-refractivity contribution in [1.82, 2.24) is 5.32 Å². The van der Waals surface area contributed by atoms with E-state index in [9.17, 15) is 27.6 Å². The summed E-state index contributed by atoms with van der Waals surface area (Å²) >= 11 is 0. The minimum absolute atomic E-state index is 0.204. The van der Waals surface area contributed by atoms with Crippen LogP contribution in [-0.4, -0.2) is 41.2 Å². The van der Waals surface area contributed by atoms with Crippen molar-refractivity contribution in [2.24, 2.45) is 5.92 Å². The van der Waals surface area contributed by atoms with E-state index in [2.05, 4.69) is 0 Å². The second-order valence-electron chi connectivity index (χ2n) is 5.69. The van der Waals surface area contributed by atoms with Gasteiger partial charge in [0.05, 0.1) is 0 Å². The van der Waals surface area contributed by atoms with Gasteiger partial charge in [-0.3, -0.25) is 19.3 Å². The maximum atomic E-state index is 13.9. The summed E-state index contributed by atoms with van der Waals surface area (Å²) in [6.45, 7) is 2.57. The zero-order chi connectivity index (χ0) is 19.4. The van der Waals surface area contributed by atoms with Gasteiger partial charge < -0.3 is 10.4 Å². The zero-order valence-electron chi connectivity index (χ0n) is 13.9. The van der Waals surface area contributed by atoms with Crippen molar-refractivity contribution in [2.45, 2.75) is 32.6 Å². The fraction of sp³-hybridized carbons (Fsp3) is 0.438. The molecule has 6 nitrogen and oxygen atoms in total. The van der Waals surface area contributed by atoms with Gasteiger partial charge >= 0.3 is 12.3 Å². The van der Waals surface area contributed by atoms with Crippen LogP contribution in [0, 0.1) is 5.92 Å². The third kappa shape index (κ3) is 4.09. The van der Waals surface area contributed by atoms with E-state index in [1.807, 2.05) is 5.32 Å². The lowest BCUT2D eigenvalue weighted by atomic mass is 9.79. The van der Waals surface area contributed by atoms with Crippen LogP contribution in [-0.2, 0) is 14.4 Å². The number of benzene rings is 1. The molecule has 25 heavy (non-hydrogen) atoms. The van der Waals surface area contributed by atoms with Crippen LogP contribution in [0.4, 0.5) is 18.9 Å². The molecule has 9 heteroatoms. The van der Waals surface area contributed by atoms with Gasteiger partial charge in [-0.15, -0.1) is 0 Å². The average Bonchev–Trinajstić information content (AvgIpc) is 2.48. The molecule has 1 aromatic rings. The Bertz CT molecular complexity index is 647. The Morgan fingerprint density at radius 1 is 1.16 bits per heavy atom. The van der Waals surface area contributed by atoms with Crippen LogP contribution in [0.1, 0.15) is 20.8 Å². The summed E-state index contributed by atoms with van der Waals surface area (Å²) in [7, 11) is 0. The van der Waals surface area contributed by atoms with E-state index in [-0.39, 0.29) is 4.90 Å². The molecule has 0 unspecified atom stereocenters. The van der Waals surface area contributed by atoms with Crippen LogP contribution < -0.4 is 10.2 Å². The second-order valence-corrected chi connectivity index (χ2v) is 5.69. The number of carboxylic acid groups (broad SMARTS) is 1. The number of ketones is 1. The maximum absolute atomic E-state index is 13.9. The molecule has 2 N–H and O–H groups in total. The molecule has 0 aromatic heterocycles. The highest BCUT2D eigenvalue weighted by molar-refractivity contribution is 6.13. The van der Waals surface area contributed by atoms with Gasteiger partial charge in [0.25, 0.3) is 5.91 Å². The second kappa shape index (κ2) is 7.54. The van der Waals surface area contributed by atoms with Gasteiger partial charge in [-0.1, -0.05) is 32.0 Å². The number of aliphatic carboxylic acids is 1. The van der Waals surface area contributed by atoms with Gasteiger partial charge in [-0.05, 0) is 25.0 Å². The molecule has 138 valence electrons. The van der Waals surface area contributed by atoms with Crippen molar-refractivity contribution in [1.29, 1.82) is 0 Å². The Morgan fingerprint density at radius 3 is 2.04 bits per heavy atom. The van der Waals surface area contributed by atoms with Crippen LogP contribution in [0.3, 0.4) is 0 Å². The van der Waals surface area contributed by atoms with Gasteiger partial charge in [-0.2, -0.15) is 13.2 Å². The molecule has 1 aromatic carbocycles. The summed E-state index contributed by atoms with van der Waals surface area (Å²) < 4.78 is 41.6. The number of nitrogens with zero attached hydrogens (tertiary/aromatic N) is 1. The Morgan fingerprint density at radius 2 is 1.68 bits per heavy atom. The zero-order valence-corrected chi connectivity index (χ0v) is 13.9. The minimum atomic E-state index is -5.06. The Labute approximate surface area is 142 Å². The molecule has 1 amide bonds. The first-order valence-electron chi connectivity index (χ1n) is 7.38. The summed E-state index contributed by atoms with van der Waals surface area (Å²) in [5, 5.41) is 10.6. The lowest BCUT2D eigenvalue weighted by Crippen LogP contribution is -2.70. The summed E-state index contributed by atoms with van der Waals surface area (Å²) in [4.78, 5) is 35.3. The Hall–Kier alpha value is -2.58. The van der Waals surface area contributed by atoms with Gasteiger partial charge in [0, 0.05) is 5.69 Å². The maximum Gasteiger partial charge on any atom is 0.486 e. The molecule has 0 radical (unpaired) electrons. The number of rotatable bonds is 7. The number of carbonyl (C=O) groups excluding carboxylic acids is 2. The normalized spacial score (nSPS) is 13.9. The number of amides is 1. The van der Waals surface area contributed by atoms with Crippen molar-refractivity contribution >= 4 is 23.3 Å². The third-order valence-corrected chi connectivity index (χ3v) is 3.74. The molecule has 0 fully saturated rings. The van der Waals surface area contributed by atoms with Crippen LogP contribution in [0.2, 0.25) is 0 Å². The molecule has 0 aliphatic heterocycles. The third-order valence-electron chi connectivity index (χ3n) is 3.74. The number of hydrogen-bond acceptors (Lipinski definition) is 4. The number of Topliss-reactive ketones (excluding diaryl/α,β-unsaturated/α-hetero) is 1. The molecule has 0 aliphatic carbocycles. The van der Waals surface area contributed by atoms with E-state index >= 15 is 0 Å². The molecule has 0 aliphatic rings. The van der Waals surface area contributed by atoms with Crippen LogP contribution in [0.15, 0.2) is 30.3 Å². The van der Waals surface area contributed by atoms with E-state index in [1.165, 1.54) is 32.0 Å². The fourth-order valence-corrected chi connectivity index (χ4v) is 2.76. The van der Waals surface area contributed by atoms with Gasteiger partial charge in [-0.25, -0.2) is 0 Å². The summed E-state index contributed by atoms with van der Waals surface area (Å²) in [5.74, 6) is -4.90. The molecule has 1 rings (SSSR count). The molecule has 0 saturated heterocycles. The van der Waals surface area contributed by atoms with E-state index in [0.717, 1.165) is 19.1 Å². The topological polar surface area (TPSA) is 86.7 Å². The highest BCUT2D eigenvalue weighted by Gasteiger charge is 2.60. The number of carboxylic acids is 1. The Balaban J connectivity index is 3.63. The fourth-order valence-electron chi connectivity index (χ4n) is 2.76. The highest BCUT2D eigenvalue weighted by Crippen LogP contribution is 2.40. The molecular weight excluding hydrogens is 341 g/mol. The standard InChI is InChI=1S/C16H19F3N2O4/c1-10(2)15(11(3)22,14(25)20-9-13(23)24)21(16(17,18)19)12-7-5-4-6-8-12/h4-8,10H,9H2,1-3H3,(H,20,25)(H,23,24)/t15-/m1/s1. The quantitative estimate of drug-likeness (QED) is 0.575. The lowest BCUT2D eigenvalue weighted by Gasteiger charge is -2.45. The largest absolute Gasteiger partial charge is 0.486 e. The first-order chi connectivity index (χ1) is 11.5. The molecule has 0 heterocycles. The van der Waals surface area contributed by atoms with Gasteiger partial charge in [0.1, 0.15) is 6.54 Å². The van der Waals surface area contributed by atoms with Crippen LogP contribution >= 0.6 is 0 Å². The number of nitrogens with one attached hydrogen (secondary N) is 1.